The third kappa shape index (κ3) is 4.42. The number of aromatic nitrogens is 2. The van der Waals surface area contributed by atoms with Crippen molar-refractivity contribution in [2.45, 2.75) is 6.92 Å². The molecule has 9 heteroatoms. The first-order valence-corrected chi connectivity index (χ1v) is 10.9. The first kappa shape index (κ1) is 21.0. The fourth-order valence-corrected chi connectivity index (χ4v) is 4.62. The third-order valence-electron chi connectivity index (χ3n) is 4.50. The molecule has 0 aliphatic heterocycles. The Labute approximate surface area is 186 Å². The number of nitrogens with one attached hydrogen (secondary N) is 1. The highest BCUT2D eigenvalue weighted by molar-refractivity contribution is 7.17. The molecule has 2 aromatic heterocycles. The van der Waals surface area contributed by atoms with Crippen molar-refractivity contribution in [3.8, 4) is 33.3 Å². The smallest absolute Gasteiger partial charge is 0.269 e. The molecule has 1 amide bonds. The maximum Gasteiger partial charge on any atom is 0.269 e. The summed E-state index contributed by atoms with van der Waals surface area (Å²) >= 11 is 2.57. The zero-order valence-corrected chi connectivity index (χ0v) is 18.6. The molecule has 2 aromatic carbocycles. The first-order chi connectivity index (χ1) is 15.0. The van der Waals surface area contributed by atoms with Crippen molar-refractivity contribution in [3.05, 3.63) is 64.2 Å². The fourth-order valence-electron chi connectivity index (χ4n) is 2.95. The second-order valence-electron chi connectivity index (χ2n) is 6.50. The molecule has 4 rings (SSSR count). The van der Waals surface area contributed by atoms with E-state index in [9.17, 15) is 9.18 Å². The highest BCUT2D eigenvalue weighted by atomic mass is 32.1. The van der Waals surface area contributed by atoms with Crippen molar-refractivity contribution in [3.63, 3.8) is 0 Å². The van der Waals surface area contributed by atoms with Gasteiger partial charge in [0.2, 0.25) is 0 Å². The van der Waals surface area contributed by atoms with E-state index in [1.807, 2.05) is 23.6 Å². The average Bonchev–Trinajstić information content (AvgIpc) is 3.40. The number of carbonyl (C=O) groups is 1. The Hall–Kier alpha value is -3.30. The van der Waals surface area contributed by atoms with Crippen molar-refractivity contribution < 1.29 is 18.7 Å². The molecule has 6 nitrogen and oxygen atoms in total. The summed E-state index contributed by atoms with van der Waals surface area (Å²) in [5.41, 5.74) is 2.80. The molecule has 0 aliphatic carbocycles. The number of methoxy groups -OCH3 is 2. The van der Waals surface area contributed by atoms with Gasteiger partial charge in [-0.15, -0.1) is 22.7 Å². The van der Waals surface area contributed by atoms with Gasteiger partial charge in [0, 0.05) is 16.5 Å². The summed E-state index contributed by atoms with van der Waals surface area (Å²) < 4.78 is 23.9. The number of hydrogen-bond acceptors (Lipinski definition) is 7. The minimum Gasteiger partial charge on any atom is -0.497 e. The Balaban J connectivity index is 1.56. The number of benzene rings is 2. The molecule has 4 aromatic rings. The quantitative estimate of drug-likeness (QED) is 0.407. The monoisotopic (exact) mass is 455 g/mol. The van der Waals surface area contributed by atoms with Crippen LogP contribution in [0.5, 0.6) is 11.5 Å². The first-order valence-electron chi connectivity index (χ1n) is 9.21. The van der Waals surface area contributed by atoms with Gasteiger partial charge >= 0.3 is 0 Å². The summed E-state index contributed by atoms with van der Waals surface area (Å²) in [4.78, 5) is 22.3. The van der Waals surface area contributed by atoms with Gasteiger partial charge in [-0.2, -0.15) is 0 Å². The second kappa shape index (κ2) is 8.83. The van der Waals surface area contributed by atoms with Crippen LogP contribution in [0.25, 0.3) is 21.8 Å². The Morgan fingerprint density at radius 3 is 2.55 bits per heavy atom. The number of aryl methyl sites for hydroxylation is 1. The van der Waals surface area contributed by atoms with Gasteiger partial charge in [-0.05, 0) is 49.4 Å². The number of hydrogen-bond donors (Lipinski definition) is 1. The second-order valence-corrected chi connectivity index (χ2v) is 8.36. The molecule has 31 heavy (non-hydrogen) atoms. The highest BCUT2D eigenvalue weighted by Gasteiger charge is 2.19. The zero-order chi connectivity index (χ0) is 22.0. The molecule has 158 valence electrons. The molecule has 2 heterocycles. The van der Waals surface area contributed by atoms with Gasteiger partial charge in [-0.25, -0.2) is 14.4 Å². The topological polar surface area (TPSA) is 73.3 Å². The van der Waals surface area contributed by atoms with E-state index in [1.54, 1.807) is 33.3 Å². The minimum absolute atomic E-state index is 0.290. The Kier molecular flexibility index (Phi) is 5.97. The van der Waals surface area contributed by atoms with E-state index in [4.69, 9.17) is 9.47 Å². The number of amides is 1. The number of halogens is 1. The van der Waals surface area contributed by atoms with Crippen molar-refractivity contribution in [1.29, 1.82) is 0 Å². The van der Waals surface area contributed by atoms with Gasteiger partial charge < -0.3 is 9.47 Å². The predicted octanol–water partition coefficient (Wildman–Crippen LogP) is 5.65. The molecule has 0 saturated heterocycles. The number of rotatable bonds is 6. The number of thiazole rings is 2. The van der Waals surface area contributed by atoms with Crippen molar-refractivity contribution in [2.75, 3.05) is 19.5 Å². The summed E-state index contributed by atoms with van der Waals surface area (Å²) in [5, 5.41) is 5.80. The van der Waals surface area contributed by atoms with Gasteiger partial charge in [0.15, 0.2) is 5.13 Å². The molecule has 0 saturated carbocycles. The number of anilines is 1. The minimum atomic E-state index is -0.317. The van der Waals surface area contributed by atoms with E-state index in [0.717, 1.165) is 11.1 Å². The lowest BCUT2D eigenvalue weighted by atomic mass is 10.1. The van der Waals surface area contributed by atoms with Crippen LogP contribution in [0, 0.1) is 12.7 Å². The maximum atomic E-state index is 13.2. The van der Waals surface area contributed by atoms with Crippen molar-refractivity contribution >= 4 is 33.7 Å². The summed E-state index contributed by atoms with van der Waals surface area (Å²) in [7, 11) is 3.18. The van der Waals surface area contributed by atoms with E-state index < -0.39 is 0 Å². The van der Waals surface area contributed by atoms with Gasteiger partial charge in [-0.1, -0.05) is 0 Å². The summed E-state index contributed by atoms with van der Waals surface area (Å²) in [5.74, 6) is 0.735. The van der Waals surface area contributed by atoms with Crippen LogP contribution in [-0.2, 0) is 0 Å². The SMILES string of the molecule is COc1ccc(OC)c(-c2csc(NC(=O)c3sc(-c4ccc(F)cc4)nc3C)n2)c1. The lowest BCUT2D eigenvalue weighted by Crippen LogP contribution is -2.11. The molecule has 0 spiro atoms. The Morgan fingerprint density at radius 2 is 1.84 bits per heavy atom. The fraction of sp³-hybridized carbons (Fsp3) is 0.136. The molecular formula is C22H18FN3O3S2. The molecule has 0 atom stereocenters. The van der Waals surface area contributed by atoms with E-state index in [1.165, 1.54) is 34.8 Å². The van der Waals surface area contributed by atoms with Crippen LogP contribution in [0.4, 0.5) is 9.52 Å². The van der Waals surface area contributed by atoms with Crippen LogP contribution >= 0.6 is 22.7 Å². The summed E-state index contributed by atoms with van der Waals surface area (Å²) in [6.07, 6.45) is 0. The van der Waals surface area contributed by atoms with Crippen molar-refractivity contribution in [2.24, 2.45) is 0 Å². The standard InChI is InChI=1S/C22H18FN3O3S2/c1-12-19(31-21(24-12)13-4-6-14(23)7-5-13)20(27)26-22-25-17(11-30-22)16-10-15(28-2)8-9-18(16)29-3/h4-11H,1-3H3,(H,25,26,27). The molecule has 1 N–H and O–H groups in total. The normalized spacial score (nSPS) is 10.7. The van der Waals surface area contributed by atoms with Gasteiger partial charge in [0.05, 0.1) is 25.6 Å². The van der Waals surface area contributed by atoms with Gasteiger partial charge in [-0.3, -0.25) is 10.1 Å². The molecule has 0 unspecified atom stereocenters. The van der Waals surface area contributed by atoms with Crippen molar-refractivity contribution in [1.82, 2.24) is 9.97 Å². The van der Waals surface area contributed by atoms with Gasteiger partial charge in [0.25, 0.3) is 5.91 Å². The Bertz CT molecular complexity index is 1240. The third-order valence-corrected chi connectivity index (χ3v) is 6.46. The van der Waals surface area contributed by atoms with Crippen LogP contribution in [0.15, 0.2) is 47.8 Å². The molecular weight excluding hydrogens is 437 g/mol. The number of ether oxygens (including phenoxy) is 2. The summed E-state index contributed by atoms with van der Waals surface area (Å²) in [6, 6.07) is 11.5. The molecule has 0 fully saturated rings. The maximum absolute atomic E-state index is 13.2. The van der Waals surface area contributed by atoms with E-state index >= 15 is 0 Å². The van der Waals surface area contributed by atoms with Crippen LogP contribution in [0.2, 0.25) is 0 Å². The summed E-state index contributed by atoms with van der Waals surface area (Å²) in [6.45, 7) is 1.77. The number of carbonyl (C=O) groups excluding carboxylic acids is 1. The van der Waals surface area contributed by atoms with Gasteiger partial charge in [0.1, 0.15) is 27.2 Å². The molecule has 0 aliphatic rings. The van der Waals surface area contributed by atoms with Crippen LogP contribution in [0.3, 0.4) is 0 Å². The lowest BCUT2D eigenvalue weighted by molar-refractivity contribution is 0.103. The van der Waals surface area contributed by atoms with Crippen LogP contribution < -0.4 is 14.8 Å². The van der Waals surface area contributed by atoms with E-state index in [2.05, 4.69) is 15.3 Å². The van der Waals surface area contributed by atoms with Crippen LogP contribution in [0.1, 0.15) is 15.4 Å². The highest BCUT2D eigenvalue weighted by Crippen LogP contribution is 2.35. The van der Waals surface area contributed by atoms with E-state index in [0.29, 0.717) is 37.9 Å². The Morgan fingerprint density at radius 1 is 1.06 bits per heavy atom. The molecule has 0 bridgehead atoms. The van der Waals surface area contributed by atoms with Crippen LogP contribution in [-0.4, -0.2) is 30.1 Å². The number of nitrogens with zero attached hydrogens (tertiary/aromatic N) is 2. The predicted molar refractivity (Wildman–Crippen MR) is 121 cm³/mol. The zero-order valence-electron chi connectivity index (χ0n) is 16.9. The average molecular weight is 456 g/mol. The lowest BCUT2D eigenvalue weighted by Gasteiger charge is -2.08. The largest absolute Gasteiger partial charge is 0.497 e. The molecule has 0 radical (unpaired) electrons. The van der Waals surface area contributed by atoms with E-state index in [-0.39, 0.29) is 11.7 Å².